The lowest BCUT2D eigenvalue weighted by Gasteiger charge is -2.44. The lowest BCUT2D eigenvalue weighted by molar-refractivity contribution is -0.0620. The number of hydrogen-bond donors (Lipinski definition) is 0. The fourth-order valence-corrected chi connectivity index (χ4v) is 4.65. The number of hydrogen-bond acceptors (Lipinski definition) is 6. The number of aromatic nitrogens is 2. The normalized spacial score (nSPS) is 24.2. The standard InChI is InChI=1S/C14H21N3O3S/c1-11-9-12(2)16-13(15-11)17-5-6-20-14(10-17)3-7-21(18,19)8-4-14/h9H,3-8,10H2,1-2H3. The molecule has 2 saturated heterocycles. The number of rotatable bonds is 1. The van der Waals surface area contributed by atoms with E-state index < -0.39 is 9.84 Å². The Morgan fingerprint density at radius 2 is 1.81 bits per heavy atom. The van der Waals surface area contributed by atoms with Gasteiger partial charge < -0.3 is 9.64 Å². The molecule has 0 N–H and O–H groups in total. The van der Waals surface area contributed by atoms with Crippen molar-refractivity contribution in [3.05, 3.63) is 17.5 Å². The summed E-state index contributed by atoms with van der Waals surface area (Å²) in [6.45, 7) is 5.93. The third-order valence-corrected chi connectivity index (χ3v) is 5.89. The van der Waals surface area contributed by atoms with Crippen LogP contribution in [0.3, 0.4) is 0 Å². The van der Waals surface area contributed by atoms with E-state index in [2.05, 4.69) is 14.9 Å². The summed E-state index contributed by atoms with van der Waals surface area (Å²) in [4.78, 5) is 11.1. The molecule has 3 rings (SSSR count). The van der Waals surface area contributed by atoms with Crippen molar-refractivity contribution in [3.8, 4) is 0 Å². The van der Waals surface area contributed by atoms with Crippen LogP contribution in [0.5, 0.6) is 0 Å². The van der Waals surface area contributed by atoms with Crippen molar-refractivity contribution in [3.63, 3.8) is 0 Å². The van der Waals surface area contributed by atoms with Crippen molar-refractivity contribution in [2.75, 3.05) is 36.1 Å². The molecule has 1 aromatic heterocycles. The van der Waals surface area contributed by atoms with Crippen LogP contribution in [-0.4, -0.2) is 55.2 Å². The number of aryl methyl sites for hydroxylation is 2. The Kier molecular flexibility index (Phi) is 3.65. The number of morpholine rings is 1. The molecular formula is C14H21N3O3S. The molecular weight excluding hydrogens is 290 g/mol. The lowest BCUT2D eigenvalue weighted by Crippen LogP contribution is -2.55. The summed E-state index contributed by atoms with van der Waals surface area (Å²) in [5.41, 5.74) is 1.54. The summed E-state index contributed by atoms with van der Waals surface area (Å²) < 4.78 is 29.2. The number of nitrogens with zero attached hydrogens (tertiary/aromatic N) is 3. The highest BCUT2D eigenvalue weighted by Crippen LogP contribution is 2.32. The van der Waals surface area contributed by atoms with Gasteiger partial charge in [-0.05, 0) is 32.8 Å². The molecule has 0 bridgehead atoms. The molecule has 0 amide bonds. The molecule has 0 radical (unpaired) electrons. The van der Waals surface area contributed by atoms with Crippen molar-refractivity contribution in [2.45, 2.75) is 32.3 Å². The first kappa shape index (κ1) is 14.7. The number of anilines is 1. The molecule has 3 heterocycles. The first-order chi connectivity index (χ1) is 9.88. The van der Waals surface area contributed by atoms with Crippen molar-refractivity contribution in [1.82, 2.24) is 9.97 Å². The summed E-state index contributed by atoms with van der Waals surface area (Å²) in [6, 6.07) is 1.95. The van der Waals surface area contributed by atoms with Gasteiger partial charge in [0, 0.05) is 17.9 Å². The Morgan fingerprint density at radius 3 is 2.43 bits per heavy atom. The molecule has 1 aromatic rings. The molecule has 21 heavy (non-hydrogen) atoms. The van der Waals surface area contributed by atoms with E-state index in [1.54, 1.807) is 0 Å². The van der Waals surface area contributed by atoms with Crippen LogP contribution in [0.15, 0.2) is 6.07 Å². The van der Waals surface area contributed by atoms with Gasteiger partial charge >= 0.3 is 0 Å². The van der Waals surface area contributed by atoms with Gasteiger partial charge in [-0.2, -0.15) is 0 Å². The van der Waals surface area contributed by atoms with Gasteiger partial charge in [-0.25, -0.2) is 18.4 Å². The minimum Gasteiger partial charge on any atom is -0.371 e. The Hall–Kier alpha value is -1.21. The summed E-state index contributed by atoms with van der Waals surface area (Å²) in [7, 11) is -2.88. The third kappa shape index (κ3) is 3.18. The van der Waals surface area contributed by atoms with Gasteiger partial charge in [0.05, 0.1) is 30.3 Å². The van der Waals surface area contributed by atoms with E-state index in [0.717, 1.165) is 23.9 Å². The smallest absolute Gasteiger partial charge is 0.225 e. The molecule has 7 heteroatoms. The van der Waals surface area contributed by atoms with Crippen LogP contribution in [0.4, 0.5) is 5.95 Å². The molecule has 1 spiro atoms. The highest BCUT2D eigenvalue weighted by molar-refractivity contribution is 7.91. The van der Waals surface area contributed by atoms with Crippen LogP contribution < -0.4 is 4.90 Å². The van der Waals surface area contributed by atoms with Crippen LogP contribution in [0, 0.1) is 13.8 Å². The van der Waals surface area contributed by atoms with Gasteiger partial charge in [0.15, 0.2) is 9.84 Å². The summed E-state index contributed by atoms with van der Waals surface area (Å²) in [5, 5.41) is 0. The lowest BCUT2D eigenvalue weighted by atomic mass is 9.94. The zero-order valence-corrected chi connectivity index (χ0v) is 13.3. The average molecular weight is 311 g/mol. The first-order valence-corrected chi connectivity index (χ1v) is 9.11. The largest absolute Gasteiger partial charge is 0.371 e. The maximum atomic E-state index is 11.6. The highest BCUT2D eigenvalue weighted by atomic mass is 32.2. The van der Waals surface area contributed by atoms with Crippen LogP contribution in [-0.2, 0) is 14.6 Å². The van der Waals surface area contributed by atoms with E-state index in [0.29, 0.717) is 26.0 Å². The summed E-state index contributed by atoms with van der Waals surface area (Å²) in [6.07, 6.45) is 1.13. The second-order valence-electron chi connectivity index (χ2n) is 6.06. The van der Waals surface area contributed by atoms with E-state index >= 15 is 0 Å². The molecule has 116 valence electrons. The van der Waals surface area contributed by atoms with E-state index in [9.17, 15) is 8.42 Å². The minimum atomic E-state index is -2.88. The predicted octanol–water partition coefficient (Wildman–Crippen LogP) is 0.877. The molecule has 2 aliphatic rings. The van der Waals surface area contributed by atoms with E-state index in [1.165, 1.54) is 0 Å². The molecule has 2 fully saturated rings. The second-order valence-corrected chi connectivity index (χ2v) is 8.36. The zero-order valence-electron chi connectivity index (χ0n) is 12.5. The van der Waals surface area contributed by atoms with Gasteiger partial charge in [0.1, 0.15) is 0 Å². The summed E-state index contributed by atoms with van der Waals surface area (Å²) >= 11 is 0. The van der Waals surface area contributed by atoms with Gasteiger partial charge in [-0.1, -0.05) is 0 Å². The van der Waals surface area contributed by atoms with Crippen LogP contribution in [0.25, 0.3) is 0 Å². The van der Waals surface area contributed by atoms with Crippen molar-refractivity contribution < 1.29 is 13.2 Å². The van der Waals surface area contributed by atoms with Crippen LogP contribution >= 0.6 is 0 Å². The van der Waals surface area contributed by atoms with Gasteiger partial charge in [-0.15, -0.1) is 0 Å². The van der Waals surface area contributed by atoms with E-state index in [4.69, 9.17) is 4.74 Å². The monoisotopic (exact) mass is 311 g/mol. The van der Waals surface area contributed by atoms with Crippen molar-refractivity contribution in [2.24, 2.45) is 0 Å². The van der Waals surface area contributed by atoms with Crippen LogP contribution in [0.1, 0.15) is 24.2 Å². The molecule has 0 saturated carbocycles. The van der Waals surface area contributed by atoms with Crippen molar-refractivity contribution >= 4 is 15.8 Å². The fraction of sp³-hybridized carbons (Fsp3) is 0.714. The topological polar surface area (TPSA) is 72.4 Å². The fourth-order valence-electron chi connectivity index (χ4n) is 3.08. The maximum absolute atomic E-state index is 11.6. The molecule has 6 nitrogen and oxygen atoms in total. The Balaban J connectivity index is 1.80. The summed E-state index contributed by atoms with van der Waals surface area (Å²) in [5.74, 6) is 1.16. The molecule has 0 unspecified atom stereocenters. The molecule has 2 aliphatic heterocycles. The number of ether oxygens (including phenoxy) is 1. The Morgan fingerprint density at radius 1 is 1.19 bits per heavy atom. The van der Waals surface area contributed by atoms with E-state index in [-0.39, 0.29) is 17.1 Å². The van der Waals surface area contributed by atoms with Gasteiger partial charge in [0.2, 0.25) is 5.95 Å². The highest BCUT2D eigenvalue weighted by Gasteiger charge is 2.42. The quantitative estimate of drug-likeness (QED) is 0.766. The SMILES string of the molecule is Cc1cc(C)nc(N2CCOC3(CCS(=O)(=O)CC3)C2)n1. The maximum Gasteiger partial charge on any atom is 0.225 e. The van der Waals surface area contributed by atoms with Crippen LogP contribution in [0.2, 0.25) is 0 Å². The van der Waals surface area contributed by atoms with Gasteiger partial charge in [0.25, 0.3) is 0 Å². The predicted molar refractivity (Wildman–Crippen MR) is 80.3 cm³/mol. The first-order valence-electron chi connectivity index (χ1n) is 7.29. The minimum absolute atomic E-state index is 0.217. The molecule has 0 aliphatic carbocycles. The third-order valence-electron chi connectivity index (χ3n) is 4.24. The average Bonchev–Trinajstić information content (AvgIpc) is 2.42. The zero-order chi connectivity index (χ0) is 15.1. The Bertz CT molecular complexity index is 611. The number of sulfone groups is 1. The van der Waals surface area contributed by atoms with Gasteiger partial charge in [-0.3, -0.25) is 0 Å². The molecule has 0 aromatic carbocycles. The molecule has 0 atom stereocenters. The second kappa shape index (κ2) is 5.21. The van der Waals surface area contributed by atoms with E-state index in [1.807, 2.05) is 19.9 Å². The Labute approximate surface area is 125 Å². The van der Waals surface area contributed by atoms with Crippen molar-refractivity contribution in [1.29, 1.82) is 0 Å².